The molecule has 0 radical (unpaired) electrons. The molecule has 7 nitrogen and oxygen atoms in total. The molecule has 0 fully saturated rings. The van der Waals surface area contributed by atoms with Gasteiger partial charge < -0.3 is 14.4 Å². The Kier molecular flexibility index (Phi) is 4.88. The van der Waals surface area contributed by atoms with E-state index in [0.717, 1.165) is 11.3 Å². The van der Waals surface area contributed by atoms with E-state index in [2.05, 4.69) is 4.72 Å². The maximum absolute atomic E-state index is 12.9. The Hall–Kier alpha value is -2.58. The second-order valence-corrected chi connectivity index (χ2v) is 7.66. The number of hydrogen-bond donors (Lipinski definition) is 1. The maximum Gasteiger partial charge on any atom is 0.258 e. The number of nitrogens with one attached hydrogen (secondary N) is 1. The number of carbonyl (C=O) groups is 1. The summed E-state index contributed by atoms with van der Waals surface area (Å²) in [5.74, 6) is 0.856. The highest BCUT2D eigenvalue weighted by atomic mass is 32.2. The van der Waals surface area contributed by atoms with Crippen LogP contribution in [0.25, 0.3) is 0 Å². The minimum Gasteiger partial charge on any atom is -0.493 e. The number of carbonyl (C=O) groups excluding carboxylic acids is 1. The summed E-state index contributed by atoms with van der Waals surface area (Å²) in [4.78, 5) is 14.8. The van der Waals surface area contributed by atoms with Crippen LogP contribution in [0.1, 0.15) is 15.9 Å². The second-order valence-electron chi connectivity index (χ2n) is 5.77. The molecule has 0 saturated carbocycles. The molecule has 3 rings (SSSR count). The van der Waals surface area contributed by atoms with Gasteiger partial charge in [-0.15, -0.1) is 0 Å². The maximum atomic E-state index is 12.9. The number of rotatable bonds is 5. The van der Waals surface area contributed by atoms with E-state index in [9.17, 15) is 13.2 Å². The molecule has 0 saturated heterocycles. The summed E-state index contributed by atoms with van der Waals surface area (Å²) in [6.45, 7) is 0.492. The number of amides is 1. The van der Waals surface area contributed by atoms with Crippen LogP contribution in [0.15, 0.2) is 41.3 Å². The molecule has 1 aliphatic rings. The van der Waals surface area contributed by atoms with Crippen molar-refractivity contribution in [3.8, 4) is 11.5 Å². The van der Waals surface area contributed by atoms with Crippen LogP contribution in [0.2, 0.25) is 0 Å². The van der Waals surface area contributed by atoms with Gasteiger partial charge in [-0.3, -0.25) is 4.79 Å². The van der Waals surface area contributed by atoms with Crippen molar-refractivity contribution in [2.75, 3.05) is 32.7 Å². The number of benzene rings is 2. The fourth-order valence-corrected chi connectivity index (χ4v) is 3.78. The highest BCUT2D eigenvalue weighted by Crippen LogP contribution is 2.33. The fraction of sp³-hybridized carbons (Fsp3) is 0.278. The largest absolute Gasteiger partial charge is 0.493 e. The van der Waals surface area contributed by atoms with Gasteiger partial charge in [0.2, 0.25) is 10.0 Å². The first-order valence-corrected chi connectivity index (χ1v) is 9.50. The molecule has 0 aromatic heterocycles. The normalized spacial score (nSPS) is 13.4. The predicted molar refractivity (Wildman–Crippen MR) is 97.6 cm³/mol. The molecule has 0 bridgehead atoms. The Labute approximate surface area is 152 Å². The minimum atomic E-state index is -3.51. The molecule has 1 N–H and O–H groups in total. The van der Waals surface area contributed by atoms with Crippen molar-refractivity contribution in [3.63, 3.8) is 0 Å². The first-order chi connectivity index (χ1) is 12.4. The predicted octanol–water partition coefficient (Wildman–Crippen LogP) is 1.81. The Bertz CT molecular complexity index is 956. The van der Waals surface area contributed by atoms with E-state index in [1.165, 1.54) is 27.3 Å². The van der Waals surface area contributed by atoms with Gasteiger partial charge in [0.15, 0.2) is 11.5 Å². The number of ether oxygens (including phenoxy) is 2. The van der Waals surface area contributed by atoms with Gasteiger partial charge in [0, 0.05) is 17.8 Å². The topological polar surface area (TPSA) is 84.9 Å². The van der Waals surface area contributed by atoms with E-state index >= 15 is 0 Å². The van der Waals surface area contributed by atoms with Crippen molar-refractivity contribution in [2.24, 2.45) is 0 Å². The van der Waals surface area contributed by atoms with Gasteiger partial charge in [0.1, 0.15) is 0 Å². The molecule has 26 heavy (non-hydrogen) atoms. The number of sulfonamides is 1. The Morgan fingerprint density at radius 2 is 1.81 bits per heavy atom. The van der Waals surface area contributed by atoms with Crippen LogP contribution in [0, 0.1) is 0 Å². The molecule has 8 heteroatoms. The van der Waals surface area contributed by atoms with E-state index in [0.29, 0.717) is 30.0 Å². The molecule has 1 heterocycles. The SMILES string of the molecule is CNS(=O)(=O)c1ccc2c(c1)CCN2C(=O)c1ccc(OC)c(OC)c1. The van der Waals surface area contributed by atoms with Crippen LogP contribution >= 0.6 is 0 Å². The summed E-state index contributed by atoms with van der Waals surface area (Å²) in [7, 11) is 0.910. The van der Waals surface area contributed by atoms with Gasteiger partial charge in [-0.25, -0.2) is 13.1 Å². The summed E-state index contributed by atoms with van der Waals surface area (Å²) in [5.41, 5.74) is 2.03. The third-order valence-electron chi connectivity index (χ3n) is 4.40. The first-order valence-electron chi connectivity index (χ1n) is 8.01. The Morgan fingerprint density at radius 1 is 1.08 bits per heavy atom. The molecule has 0 spiro atoms. The smallest absolute Gasteiger partial charge is 0.258 e. The van der Waals surface area contributed by atoms with Crippen LogP contribution < -0.4 is 19.1 Å². The highest BCUT2D eigenvalue weighted by molar-refractivity contribution is 7.89. The zero-order valence-corrected chi connectivity index (χ0v) is 15.6. The zero-order chi connectivity index (χ0) is 18.9. The van der Waals surface area contributed by atoms with Crippen molar-refractivity contribution in [1.29, 1.82) is 0 Å². The Balaban J connectivity index is 1.93. The van der Waals surface area contributed by atoms with Crippen molar-refractivity contribution < 1.29 is 22.7 Å². The van der Waals surface area contributed by atoms with Gasteiger partial charge >= 0.3 is 0 Å². The van der Waals surface area contributed by atoms with Crippen molar-refractivity contribution in [1.82, 2.24) is 4.72 Å². The molecule has 0 aliphatic carbocycles. The fourth-order valence-electron chi connectivity index (χ4n) is 3.00. The van der Waals surface area contributed by atoms with Crippen molar-refractivity contribution >= 4 is 21.6 Å². The van der Waals surface area contributed by atoms with Gasteiger partial charge in [0.05, 0.1) is 19.1 Å². The molecule has 2 aromatic rings. The van der Waals surface area contributed by atoms with E-state index < -0.39 is 10.0 Å². The minimum absolute atomic E-state index is 0.172. The average Bonchev–Trinajstić information content (AvgIpc) is 3.10. The number of methoxy groups -OCH3 is 2. The molecule has 0 unspecified atom stereocenters. The molecule has 0 atom stereocenters. The van der Waals surface area contributed by atoms with E-state index in [1.807, 2.05) is 0 Å². The Morgan fingerprint density at radius 3 is 2.46 bits per heavy atom. The first kappa shape index (κ1) is 18.2. The number of fused-ring (bicyclic) bond motifs is 1. The van der Waals surface area contributed by atoms with Crippen LogP contribution in [-0.2, 0) is 16.4 Å². The average molecular weight is 376 g/mol. The summed E-state index contributed by atoms with van der Waals surface area (Å²) in [6.07, 6.45) is 0.599. The summed E-state index contributed by atoms with van der Waals surface area (Å²) in [6, 6.07) is 9.80. The summed E-state index contributed by atoms with van der Waals surface area (Å²) >= 11 is 0. The third kappa shape index (κ3) is 3.13. The van der Waals surface area contributed by atoms with Crippen LogP contribution in [0.3, 0.4) is 0 Å². The number of nitrogens with zero attached hydrogens (tertiary/aromatic N) is 1. The summed E-state index contributed by atoms with van der Waals surface area (Å²) in [5, 5.41) is 0. The lowest BCUT2D eigenvalue weighted by molar-refractivity contribution is 0.0989. The number of anilines is 1. The molecular weight excluding hydrogens is 356 g/mol. The lowest BCUT2D eigenvalue weighted by atomic mass is 10.1. The van der Waals surface area contributed by atoms with Crippen LogP contribution in [0.4, 0.5) is 5.69 Å². The van der Waals surface area contributed by atoms with Crippen molar-refractivity contribution in [3.05, 3.63) is 47.5 Å². The standard InChI is InChI=1S/C18H20N2O5S/c1-19-26(22,23)14-5-6-15-12(10-14)8-9-20(15)18(21)13-4-7-16(24-2)17(11-13)25-3/h4-7,10-11,19H,8-9H2,1-3H3. The molecular formula is C18H20N2O5S. The van der Waals surface area contributed by atoms with Gasteiger partial charge in [-0.05, 0) is 55.4 Å². The van der Waals surface area contributed by atoms with Crippen LogP contribution in [0.5, 0.6) is 11.5 Å². The second kappa shape index (κ2) is 6.97. The molecule has 1 amide bonds. The van der Waals surface area contributed by atoms with E-state index in [4.69, 9.17) is 9.47 Å². The summed E-state index contributed by atoms with van der Waals surface area (Å²) < 4.78 is 36.7. The molecule has 2 aromatic carbocycles. The van der Waals surface area contributed by atoms with Crippen LogP contribution in [-0.4, -0.2) is 42.1 Å². The molecule has 1 aliphatic heterocycles. The van der Waals surface area contributed by atoms with Gasteiger partial charge in [0.25, 0.3) is 5.91 Å². The number of hydrogen-bond acceptors (Lipinski definition) is 5. The molecule has 138 valence electrons. The lowest BCUT2D eigenvalue weighted by Crippen LogP contribution is -2.28. The van der Waals surface area contributed by atoms with E-state index in [-0.39, 0.29) is 10.8 Å². The zero-order valence-electron chi connectivity index (χ0n) is 14.8. The third-order valence-corrected chi connectivity index (χ3v) is 5.81. The lowest BCUT2D eigenvalue weighted by Gasteiger charge is -2.18. The quantitative estimate of drug-likeness (QED) is 0.860. The van der Waals surface area contributed by atoms with E-state index in [1.54, 1.807) is 35.2 Å². The van der Waals surface area contributed by atoms with Crippen molar-refractivity contribution in [2.45, 2.75) is 11.3 Å². The van der Waals surface area contributed by atoms with Gasteiger partial charge in [-0.2, -0.15) is 0 Å². The van der Waals surface area contributed by atoms with Gasteiger partial charge in [-0.1, -0.05) is 0 Å². The monoisotopic (exact) mass is 376 g/mol. The highest BCUT2D eigenvalue weighted by Gasteiger charge is 2.27.